The summed E-state index contributed by atoms with van der Waals surface area (Å²) in [6, 6.07) is 1.72. The highest BCUT2D eigenvalue weighted by Gasteiger charge is 2.24. The molecule has 0 radical (unpaired) electrons. The summed E-state index contributed by atoms with van der Waals surface area (Å²) in [5, 5.41) is 12.7. The Labute approximate surface area is 102 Å². The summed E-state index contributed by atoms with van der Waals surface area (Å²) in [7, 11) is 0. The van der Waals surface area contributed by atoms with Crippen LogP contribution in [0.15, 0.2) is 12.3 Å². The van der Waals surface area contributed by atoms with Gasteiger partial charge in [0.15, 0.2) is 0 Å². The molecule has 0 aromatic carbocycles. The van der Waals surface area contributed by atoms with Crippen molar-refractivity contribution < 1.29 is 9.84 Å². The van der Waals surface area contributed by atoms with E-state index >= 15 is 0 Å². The number of aliphatic hydroxyl groups is 1. The lowest BCUT2D eigenvalue weighted by atomic mass is 9.99. The van der Waals surface area contributed by atoms with Crippen LogP contribution in [0, 0.1) is 0 Å². The number of hydrogen-bond acceptors (Lipinski definition) is 5. The molecule has 0 amide bonds. The van der Waals surface area contributed by atoms with Gasteiger partial charge in [-0.3, -0.25) is 0 Å². The Morgan fingerprint density at radius 3 is 2.82 bits per heavy atom. The van der Waals surface area contributed by atoms with Crippen molar-refractivity contribution in [3.05, 3.63) is 12.3 Å². The fourth-order valence-electron chi connectivity index (χ4n) is 1.08. The molecular formula is C12H21N3O2. The number of ether oxygens (including phenoxy) is 1. The van der Waals surface area contributed by atoms with Crippen LogP contribution >= 0.6 is 0 Å². The number of nitrogens with zero attached hydrogens (tertiary/aromatic N) is 2. The van der Waals surface area contributed by atoms with E-state index in [0.717, 1.165) is 6.42 Å². The molecule has 5 heteroatoms. The molecule has 1 aromatic rings. The van der Waals surface area contributed by atoms with Crippen LogP contribution in [0.3, 0.4) is 0 Å². The predicted molar refractivity (Wildman–Crippen MR) is 67.2 cm³/mol. The molecular weight excluding hydrogens is 218 g/mol. The quantitative estimate of drug-likeness (QED) is 0.792. The Kier molecular flexibility index (Phi) is 4.69. The molecule has 0 bridgehead atoms. The van der Waals surface area contributed by atoms with E-state index in [4.69, 9.17) is 4.74 Å². The first-order chi connectivity index (χ1) is 7.95. The Bertz CT molecular complexity index is 353. The van der Waals surface area contributed by atoms with E-state index in [1.54, 1.807) is 19.2 Å². The summed E-state index contributed by atoms with van der Waals surface area (Å²) in [6.07, 6.45) is 2.07. The van der Waals surface area contributed by atoms with Crippen molar-refractivity contribution in [1.82, 2.24) is 9.97 Å². The number of aromatic nitrogens is 2. The molecule has 1 atom stereocenters. The summed E-state index contributed by atoms with van der Waals surface area (Å²) in [5.41, 5.74) is -0.483. The summed E-state index contributed by atoms with van der Waals surface area (Å²) >= 11 is 0. The van der Waals surface area contributed by atoms with Gasteiger partial charge in [-0.25, -0.2) is 4.98 Å². The molecule has 0 aliphatic carbocycles. The number of aliphatic hydroxyl groups excluding tert-OH is 1. The first-order valence-electron chi connectivity index (χ1n) is 5.88. The van der Waals surface area contributed by atoms with Crippen molar-refractivity contribution in [1.29, 1.82) is 0 Å². The predicted octanol–water partition coefficient (Wildman–Crippen LogP) is 1.84. The Balaban J connectivity index is 2.71. The van der Waals surface area contributed by atoms with Gasteiger partial charge in [-0.15, -0.1) is 0 Å². The van der Waals surface area contributed by atoms with Gasteiger partial charge < -0.3 is 15.2 Å². The lowest BCUT2D eigenvalue weighted by Crippen LogP contribution is -2.42. The van der Waals surface area contributed by atoms with Gasteiger partial charge in [-0.2, -0.15) is 4.98 Å². The third-order valence-corrected chi connectivity index (χ3v) is 2.56. The topological polar surface area (TPSA) is 67.3 Å². The van der Waals surface area contributed by atoms with Crippen molar-refractivity contribution in [3.63, 3.8) is 0 Å². The highest BCUT2D eigenvalue weighted by atomic mass is 16.5. The average Bonchev–Trinajstić information content (AvgIpc) is 2.26. The zero-order chi connectivity index (χ0) is 12.9. The second-order valence-corrected chi connectivity index (χ2v) is 4.59. The Morgan fingerprint density at radius 1 is 1.53 bits per heavy atom. The van der Waals surface area contributed by atoms with Gasteiger partial charge in [-0.1, -0.05) is 6.92 Å². The van der Waals surface area contributed by atoms with Crippen molar-refractivity contribution in [2.45, 2.75) is 45.8 Å². The largest absolute Gasteiger partial charge is 0.478 e. The van der Waals surface area contributed by atoms with E-state index < -0.39 is 11.6 Å². The van der Waals surface area contributed by atoms with Gasteiger partial charge in [0.25, 0.3) is 0 Å². The van der Waals surface area contributed by atoms with Gasteiger partial charge in [0.05, 0.1) is 18.2 Å². The van der Waals surface area contributed by atoms with Crippen LogP contribution in [0.2, 0.25) is 0 Å². The fraction of sp³-hybridized carbons (Fsp3) is 0.667. The maximum Gasteiger partial charge on any atom is 0.226 e. The minimum atomic E-state index is -0.508. The van der Waals surface area contributed by atoms with E-state index in [1.807, 2.05) is 20.8 Å². The Morgan fingerprint density at radius 2 is 2.24 bits per heavy atom. The molecule has 1 rings (SSSR count). The molecule has 2 N–H and O–H groups in total. The fourth-order valence-corrected chi connectivity index (χ4v) is 1.08. The summed E-state index contributed by atoms with van der Waals surface area (Å²) in [4.78, 5) is 8.32. The number of anilines is 1. The maximum absolute atomic E-state index is 9.60. The summed E-state index contributed by atoms with van der Waals surface area (Å²) < 4.78 is 5.42. The van der Waals surface area contributed by atoms with E-state index in [2.05, 4.69) is 15.3 Å². The van der Waals surface area contributed by atoms with Crippen molar-refractivity contribution in [3.8, 4) is 5.88 Å². The normalized spacial score (nSPS) is 13.2. The summed E-state index contributed by atoms with van der Waals surface area (Å²) in [6.45, 7) is 8.18. The van der Waals surface area contributed by atoms with E-state index in [1.165, 1.54) is 0 Å². The third kappa shape index (κ3) is 4.19. The maximum atomic E-state index is 9.60. The second kappa shape index (κ2) is 5.82. The van der Waals surface area contributed by atoms with Gasteiger partial charge in [0.1, 0.15) is 0 Å². The third-order valence-electron chi connectivity index (χ3n) is 2.56. The molecule has 0 aliphatic rings. The highest BCUT2D eigenvalue weighted by Crippen LogP contribution is 2.16. The highest BCUT2D eigenvalue weighted by molar-refractivity contribution is 5.31. The summed E-state index contributed by atoms with van der Waals surface area (Å²) in [5.74, 6) is 1.01. The van der Waals surface area contributed by atoms with Crippen LogP contribution in [-0.4, -0.2) is 33.3 Å². The average molecular weight is 239 g/mol. The van der Waals surface area contributed by atoms with Crippen LogP contribution in [0.4, 0.5) is 5.95 Å². The lowest BCUT2D eigenvalue weighted by Gasteiger charge is -2.29. The zero-order valence-corrected chi connectivity index (χ0v) is 10.9. The first kappa shape index (κ1) is 13.7. The van der Waals surface area contributed by atoms with Crippen LogP contribution in [0.1, 0.15) is 34.1 Å². The molecule has 1 unspecified atom stereocenters. The van der Waals surface area contributed by atoms with Crippen LogP contribution < -0.4 is 10.1 Å². The second-order valence-electron chi connectivity index (χ2n) is 4.59. The molecule has 0 aliphatic heterocycles. The molecule has 0 spiro atoms. The standard InChI is InChI=1S/C12H21N3O2/c1-5-8-17-10-6-7-13-11(14-10)15-12(3,4)9(2)16/h6-7,9,16H,5,8H2,1-4H3,(H,13,14,15). The van der Waals surface area contributed by atoms with Gasteiger partial charge in [-0.05, 0) is 27.2 Å². The lowest BCUT2D eigenvalue weighted by molar-refractivity contribution is 0.132. The molecule has 1 heterocycles. The van der Waals surface area contributed by atoms with Crippen LogP contribution in [0.5, 0.6) is 5.88 Å². The van der Waals surface area contributed by atoms with Gasteiger partial charge >= 0.3 is 0 Å². The molecule has 1 aromatic heterocycles. The van der Waals surface area contributed by atoms with Gasteiger partial charge in [0, 0.05) is 12.3 Å². The first-order valence-corrected chi connectivity index (χ1v) is 5.88. The molecule has 0 saturated heterocycles. The Hall–Kier alpha value is -1.36. The van der Waals surface area contributed by atoms with Crippen molar-refractivity contribution >= 4 is 5.95 Å². The number of nitrogens with one attached hydrogen (secondary N) is 1. The SMILES string of the molecule is CCCOc1ccnc(NC(C)(C)C(C)O)n1. The van der Waals surface area contributed by atoms with Crippen LogP contribution in [0.25, 0.3) is 0 Å². The van der Waals surface area contributed by atoms with E-state index in [0.29, 0.717) is 18.4 Å². The number of hydrogen-bond donors (Lipinski definition) is 2. The molecule has 96 valence electrons. The zero-order valence-electron chi connectivity index (χ0n) is 10.9. The minimum absolute atomic E-state index is 0.463. The number of rotatable bonds is 6. The molecule has 0 fully saturated rings. The van der Waals surface area contributed by atoms with Crippen molar-refractivity contribution in [2.75, 3.05) is 11.9 Å². The molecule has 5 nitrogen and oxygen atoms in total. The molecule has 0 saturated carbocycles. The molecule has 17 heavy (non-hydrogen) atoms. The monoisotopic (exact) mass is 239 g/mol. The van der Waals surface area contributed by atoms with Crippen molar-refractivity contribution in [2.24, 2.45) is 0 Å². The van der Waals surface area contributed by atoms with E-state index in [9.17, 15) is 5.11 Å². The van der Waals surface area contributed by atoms with Gasteiger partial charge in [0.2, 0.25) is 11.8 Å². The minimum Gasteiger partial charge on any atom is -0.478 e. The van der Waals surface area contributed by atoms with E-state index in [-0.39, 0.29) is 0 Å². The smallest absolute Gasteiger partial charge is 0.226 e. The van der Waals surface area contributed by atoms with Crippen LogP contribution in [-0.2, 0) is 0 Å².